The summed E-state index contributed by atoms with van der Waals surface area (Å²) in [5.41, 5.74) is 6.93. The molecule has 6 nitrogen and oxygen atoms in total. The molecule has 1 aromatic heterocycles. The van der Waals surface area contributed by atoms with E-state index in [0.29, 0.717) is 5.84 Å². The van der Waals surface area contributed by atoms with Crippen LogP contribution >= 0.6 is 11.3 Å². The monoisotopic (exact) mass is 311 g/mol. The zero-order valence-electron chi connectivity index (χ0n) is 12.8. The molecule has 0 bridgehead atoms. The highest BCUT2D eigenvalue weighted by Gasteiger charge is 2.26. The molecule has 0 aromatic carbocycles. The Morgan fingerprint density at radius 3 is 2.71 bits per heavy atom. The number of hydrogen-bond donors (Lipinski definition) is 2. The van der Waals surface area contributed by atoms with Crippen LogP contribution in [0.15, 0.2) is 10.5 Å². The molecule has 7 heteroatoms. The van der Waals surface area contributed by atoms with Crippen molar-refractivity contribution in [2.75, 3.05) is 26.2 Å². The second-order valence-corrected chi connectivity index (χ2v) is 6.47. The van der Waals surface area contributed by atoms with Crippen LogP contribution in [-0.4, -0.2) is 58.0 Å². The molecule has 2 rings (SSSR count). The third kappa shape index (κ3) is 4.39. The van der Waals surface area contributed by atoms with Crippen molar-refractivity contribution in [3.63, 3.8) is 0 Å². The number of nitrogens with two attached hydrogens (primary N) is 1. The van der Waals surface area contributed by atoms with E-state index < -0.39 is 0 Å². The van der Waals surface area contributed by atoms with Gasteiger partial charge in [-0.15, -0.1) is 11.3 Å². The number of amidine groups is 1. The summed E-state index contributed by atoms with van der Waals surface area (Å²) in [6.07, 6.45) is 1.96. The molecule has 0 amide bonds. The molecule has 1 aliphatic rings. The van der Waals surface area contributed by atoms with E-state index in [0.717, 1.165) is 51.3 Å². The molecule has 1 saturated heterocycles. The minimum Gasteiger partial charge on any atom is -0.409 e. The number of nitrogens with zero attached hydrogens (tertiary/aromatic N) is 4. The number of aromatic nitrogens is 1. The molecule has 3 N–H and O–H groups in total. The van der Waals surface area contributed by atoms with Crippen molar-refractivity contribution < 1.29 is 5.21 Å². The van der Waals surface area contributed by atoms with Gasteiger partial charge in [-0.25, -0.2) is 4.98 Å². The van der Waals surface area contributed by atoms with Crippen LogP contribution in [0, 0.1) is 6.92 Å². The molecule has 2 heterocycles. The number of rotatable bonds is 6. The van der Waals surface area contributed by atoms with Crippen LogP contribution in [0.4, 0.5) is 0 Å². The number of aryl methyl sites for hydroxylation is 1. The van der Waals surface area contributed by atoms with E-state index in [2.05, 4.69) is 32.2 Å². The fourth-order valence-electron chi connectivity index (χ4n) is 2.76. The summed E-state index contributed by atoms with van der Waals surface area (Å²) < 4.78 is 0. The van der Waals surface area contributed by atoms with Crippen molar-refractivity contribution in [2.45, 2.75) is 39.3 Å². The van der Waals surface area contributed by atoms with Gasteiger partial charge >= 0.3 is 0 Å². The molecule has 118 valence electrons. The third-order valence-electron chi connectivity index (χ3n) is 3.89. The van der Waals surface area contributed by atoms with Crippen molar-refractivity contribution in [1.82, 2.24) is 14.8 Å². The van der Waals surface area contributed by atoms with E-state index >= 15 is 0 Å². The molecular formula is C14H25N5OS. The molecule has 21 heavy (non-hydrogen) atoms. The zero-order chi connectivity index (χ0) is 15.2. The van der Waals surface area contributed by atoms with E-state index in [4.69, 9.17) is 10.9 Å². The Bertz CT molecular complexity index is 468. The highest BCUT2D eigenvalue weighted by molar-refractivity contribution is 7.09. The largest absolute Gasteiger partial charge is 0.409 e. The van der Waals surface area contributed by atoms with Gasteiger partial charge in [0.15, 0.2) is 5.84 Å². The molecule has 1 fully saturated rings. The first-order chi connectivity index (χ1) is 10.1. The van der Waals surface area contributed by atoms with Gasteiger partial charge in [0, 0.05) is 37.3 Å². The Labute approximate surface area is 130 Å². The van der Waals surface area contributed by atoms with E-state index in [-0.39, 0.29) is 6.04 Å². The van der Waals surface area contributed by atoms with Gasteiger partial charge in [0.05, 0.1) is 12.6 Å². The van der Waals surface area contributed by atoms with Gasteiger partial charge in [0.25, 0.3) is 0 Å². The minimum atomic E-state index is 0.0595. The third-order valence-corrected chi connectivity index (χ3v) is 4.84. The lowest BCUT2D eigenvalue weighted by molar-refractivity contribution is 0.108. The minimum absolute atomic E-state index is 0.0595. The first-order valence-electron chi connectivity index (χ1n) is 7.48. The topological polar surface area (TPSA) is 78.0 Å². The Kier molecular flexibility index (Phi) is 5.96. The van der Waals surface area contributed by atoms with Crippen molar-refractivity contribution in [2.24, 2.45) is 10.9 Å². The van der Waals surface area contributed by atoms with E-state index in [1.807, 2.05) is 6.92 Å². The molecule has 1 aromatic rings. The van der Waals surface area contributed by atoms with Crippen LogP contribution in [0.2, 0.25) is 0 Å². The molecular weight excluding hydrogens is 286 g/mol. The summed E-state index contributed by atoms with van der Waals surface area (Å²) >= 11 is 1.73. The lowest BCUT2D eigenvalue weighted by Gasteiger charge is -2.38. The van der Waals surface area contributed by atoms with E-state index in [1.54, 1.807) is 11.3 Å². The number of hydrogen-bond acceptors (Lipinski definition) is 6. The van der Waals surface area contributed by atoms with Gasteiger partial charge in [-0.3, -0.25) is 9.80 Å². The highest BCUT2D eigenvalue weighted by Crippen LogP contribution is 2.15. The van der Waals surface area contributed by atoms with Gasteiger partial charge in [-0.05, 0) is 13.3 Å². The van der Waals surface area contributed by atoms with E-state index in [1.165, 1.54) is 5.01 Å². The maximum atomic E-state index is 8.93. The lowest BCUT2D eigenvalue weighted by Crippen LogP contribution is -2.53. The molecule has 0 aliphatic carbocycles. The summed E-state index contributed by atoms with van der Waals surface area (Å²) in [6.45, 7) is 8.98. The van der Waals surface area contributed by atoms with Crippen LogP contribution in [0.3, 0.4) is 0 Å². The summed E-state index contributed by atoms with van der Waals surface area (Å²) in [7, 11) is 0. The zero-order valence-corrected chi connectivity index (χ0v) is 13.6. The normalized spacial score (nSPS) is 19.8. The van der Waals surface area contributed by atoms with Gasteiger partial charge in [0.1, 0.15) is 5.01 Å². The average Bonchev–Trinajstić information content (AvgIpc) is 2.90. The van der Waals surface area contributed by atoms with Crippen LogP contribution in [0.1, 0.15) is 30.5 Å². The number of piperazine rings is 1. The first kappa shape index (κ1) is 16.2. The second-order valence-electron chi connectivity index (χ2n) is 5.52. The molecule has 1 atom stereocenters. The summed E-state index contributed by atoms with van der Waals surface area (Å²) in [5.74, 6) is 0.334. The van der Waals surface area contributed by atoms with Crippen LogP contribution in [-0.2, 0) is 6.54 Å². The fourth-order valence-corrected chi connectivity index (χ4v) is 3.57. The van der Waals surface area contributed by atoms with Gasteiger partial charge in [-0.2, -0.15) is 0 Å². The highest BCUT2D eigenvalue weighted by atomic mass is 32.1. The molecule has 1 aliphatic heterocycles. The van der Waals surface area contributed by atoms with Gasteiger partial charge < -0.3 is 10.9 Å². The SMILES string of the molecule is CCCC(C(N)=NO)N1CCN(Cc2nc(C)cs2)CC1. The Balaban J connectivity index is 1.86. The predicted molar refractivity (Wildman–Crippen MR) is 85.8 cm³/mol. The molecule has 0 saturated carbocycles. The summed E-state index contributed by atoms with van der Waals surface area (Å²) in [4.78, 5) is 9.26. The van der Waals surface area contributed by atoms with Crippen LogP contribution in [0.5, 0.6) is 0 Å². The summed E-state index contributed by atoms with van der Waals surface area (Å²) in [5, 5.41) is 15.4. The lowest BCUT2D eigenvalue weighted by atomic mass is 10.1. The molecule has 1 unspecified atom stereocenters. The Hall–Kier alpha value is -1.18. The Morgan fingerprint density at radius 2 is 2.19 bits per heavy atom. The van der Waals surface area contributed by atoms with E-state index in [9.17, 15) is 0 Å². The van der Waals surface area contributed by atoms with Gasteiger partial charge in [-0.1, -0.05) is 18.5 Å². The number of oxime groups is 1. The second kappa shape index (κ2) is 7.72. The maximum absolute atomic E-state index is 8.93. The van der Waals surface area contributed by atoms with Crippen LogP contribution in [0.25, 0.3) is 0 Å². The average molecular weight is 311 g/mol. The predicted octanol–water partition coefficient (Wildman–Crippen LogP) is 1.48. The smallest absolute Gasteiger partial charge is 0.156 e. The van der Waals surface area contributed by atoms with Crippen LogP contribution < -0.4 is 5.73 Å². The van der Waals surface area contributed by atoms with Crippen molar-refractivity contribution >= 4 is 17.2 Å². The number of thiazole rings is 1. The first-order valence-corrected chi connectivity index (χ1v) is 8.36. The molecule has 0 spiro atoms. The fraction of sp³-hybridized carbons (Fsp3) is 0.714. The maximum Gasteiger partial charge on any atom is 0.156 e. The standard InChI is InChI=1S/C14H25N5OS/c1-3-4-12(14(15)17-20)19-7-5-18(6-8-19)9-13-16-11(2)10-21-13/h10,12,20H,3-9H2,1-2H3,(H2,15,17). The van der Waals surface area contributed by atoms with Gasteiger partial charge in [0.2, 0.25) is 0 Å². The summed E-state index contributed by atoms with van der Waals surface area (Å²) in [6, 6.07) is 0.0595. The van der Waals surface area contributed by atoms with Crippen molar-refractivity contribution in [1.29, 1.82) is 0 Å². The van der Waals surface area contributed by atoms with Crippen molar-refractivity contribution in [3.05, 3.63) is 16.1 Å². The quantitative estimate of drug-likeness (QED) is 0.360. The Morgan fingerprint density at radius 1 is 1.48 bits per heavy atom. The molecule has 0 radical (unpaired) electrons. The van der Waals surface area contributed by atoms with Crippen molar-refractivity contribution in [3.8, 4) is 0 Å².